The molecule has 2 nitrogen and oxygen atoms in total. The Balaban J connectivity index is 2.13. The van der Waals surface area contributed by atoms with Crippen molar-refractivity contribution in [2.75, 3.05) is 6.54 Å². The average Bonchev–Trinajstić information content (AvgIpc) is 2.53. The summed E-state index contributed by atoms with van der Waals surface area (Å²) in [4.78, 5) is 0.907. The second-order valence-corrected chi connectivity index (χ2v) is 8.05. The Labute approximate surface area is 136 Å². The summed E-state index contributed by atoms with van der Waals surface area (Å²) in [5.41, 5.74) is 0. The Morgan fingerprint density at radius 3 is 2.57 bits per heavy atom. The third kappa shape index (κ3) is 4.54. The zero-order valence-electron chi connectivity index (χ0n) is 13.0. The highest BCUT2D eigenvalue weighted by molar-refractivity contribution is 7.85. The van der Waals surface area contributed by atoms with Crippen LogP contribution in [0.4, 0.5) is 0 Å². The molecule has 4 unspecified atom stereocenters. The van der Waals surface area contributed by atoms with Gasteiger partial charge in [0.05, 0.1) is 16.0 Å². The molecule has 1 aliphatic rings. The molecular formula is C17H26ClNOS. The number of hydrogen-bond acceptors (Lipinski definition) is 2. The average molecular weight is 328 g/mol. The van der Waals surface area contributed by atoms with Crippen LogP contribution in [0, 0.1) is 5.92 Å². The van der Waals surface area contributed by atoms with E-state index >= 15 is 0 Å². The number of halogens is 1. The Bertz CT molecular complexity index is 462. The molecule has 0 radical (unpaired) electrons. The molecule has 0 heterocycles. The van der Waals surface area contributed by atoms with Crippen LogP contribution in [0.2, 0.25) is 5.02 Å². The highest BCUT2D eigenvalue weighted by Crippen LogP contribution is 2.32. The largest absolute Gasteiger partial charge is 0.313 e. The van der Waals surface area contributed by atoms with Gasteiger partial charge in [-0.3, -0.25) is 4.21 Å². The monoisotopic (exact) mass is 327 g/mol. The van der Waals surface area contributed by atoms with Gasteiger partial charge in [0.25, 0.3) is 0 Å². The minimum Gasteiger partial charge on any atom is -0.313 e. The number of nitrogens with one attached hydrogen (secondary N) is 1. The Kier molecular flexibility index (Phi) is 6.72. The molecule has 1 N–H and O–H groups in total. The Hall–Kier alpha value is -0.380. The summed E-state index contributed by atoms with van der Waals surface area (Å²) in [7, 11) is -0.955. The van der Waals surface area contributed by atoms with Crippen LogP contribution in [0.25, 0.3) is 0 Å². The van der Waals surface area contributed by atoms with Gasteiger partial charge in [0, 0.05) is 16.0 Å². The van der Waals surface area contributed by atoms with Crippen LogP contribution in [0.3, 0.4) is 0 Å². The van der Waals surface area contributed by atoms with Crippen LogP contribution in [0.5, 0.6) is 0 Å². The highest BCUT2D eigenvalue weighted by atomic mass is 35.5. The van der Waals surface area contributed by atoms with Crippen LogP contribution in [-0.4, -0.2) is 22.0 Å². The summed E-state index contributed by atoms with van der Waals surface area (Å²) >= 11 is 5.93. The molecule has 118 valence electrons. The Morgan fingerprint density at radius 1 is 1.24 bits per heavy atom. The van der Waals surface area contributed by atoms with Crippen LogP contribution in [0.15, 0.2) is 29.2 Å². The van der Waals surface area contributed by atoms with E-state index in [1.807, 2.05) is 24.3 Å². The van der Waals surface area contributed by atoms with Gasteiger partial charge in [-0.05, 0) is 62.4 Å². The number of benzene rings is 1. The van der Waals surface area contributed by atoms with Crippen LogP contribution >= 0.6 is 11.6 Å². The van der Waals surface area contributed by atoms with Gasteiger partial charge in [0.1, 0.15) is 0 Å². The van der Waals surface area contributed by atoms with Crippen LogP contribution in [-0.2, 0) is 10.8 Å². The molecule has 0 saturated heterocycles. The fourth-order valence-electron chi connectivity index (χ4n) is 3.13. The molecular weight excluding hydrogens is 302 g/mol. The smallest absolute Gasteiger partial charge is 0.0576 e. The number of rotatable bonds is 6. The maximum Gasteiger partial charge on any atom is 0.0576 e. The second-order valence-electron chi connectivity index (χ2n) is 5.94. The third-order valence-corrected chi connectivity index (χ3v) is 6.51. The van der Waals surface area contributed by atoms with E-state index in [-0.39, 0.29) is 5.25 Å². The van der Waals surface area contributed by atoms with E-state index in [4.69, 9.17) is 11.6 Å². The molecule has 0 amide bonds. The lowest BCUT2D eigenvalue weighted by Crippen LogP contribution is -2.46. The van der Waals surface area contributed by atoms with E-state index in [2.05, 4.69) is 19.2 Å². The Morgan fingerprint density at radius 2 is 1.95 bits per heavy atom. The van der Waals surface area contributed by atoms with E-state index in [1.165, 1.54) is 12.8 Å². The van der Waals surface area contributed by atoms with Crippen molar-refractivity contribution in [2.24, 2.45) is 5.92 Å². The SMILES string of the molecule is CCCNC1CCC(CC)CC1S(=O)c1ccc(Cl)cc1. The lowest BCUT2D eigenvalue weighted by Gasteiger charge is -2.36. The first-order chi connectivity index (χ1) is 10.2. The molecule has 0 aromatic heterocycles. The zero-order chi connectivity index (χ0) is 15.2. The molecule has 1 aliphatic carbocycles. The fraction of sp³-hybridized carbons (Fsp3) is 0.647. The summed E-state index contributed by atoms with van der Waals surface area (Å²) < 4.78 is 13.0. The van der Waals surface area contributed by atoms with Gasteiger partial charge in [0.15, 0.2) is 0 Å². The lowest BCUT2D eigenvalue weighted by molar-refractivity contribution is 0.292. The van der Waals surface area contributed by atoms with Crippen molar-refractivity contribution in [3.05, 3.63) is 29.3 Å². The fourth-order valence-corrected chi connectivity index (χ4v) is 4.98. The minimum atomic E-state index is -0.955. The van der Waals surface area contributed by atoms with Gasteiger partial charge < -0.3 is 5.32 Å². The van der Waals surface area contributed by atoms with Gasteiger partial charge in [-0.1, -0.05) is 31.9 Å². The van der Waals surface area contributed by atoms with Gasteiger partial charge in [-0.25, -0.2) is 0 Å². The van der Waals surface area contributed by atoms with Crippen molar-refractivity contribution < 1.29 is 4.21 Å². The molecule has 2 rings (SSSR count). The molecule has 1 saturated carbocycles. The predicted molar refractivity (Wildman–Crippen MR) is 91.4 cm³/mol. The molecule has 1 aromatic carbocycles. The first-order valence-electron chi connectivity index (χ1n) is 8.05. The minimum absolute atomic E-state index is 0.219. The molecule has 4 heteroatoms. The summed E-state index contributed by atoms with van der Waals surface area (Å²) in [6.45, 7) is 5.43. The summed E-state index contributed by atoms with van der Waals surface area (Å²) in [5.74, 6) is 0.714. The summed E-state index contributed by atoms with van der Waals surface area (Å²) in [5, 5.41) is 4.53. The van der Waals surface area contributed by atoms with E-state index in [0.717, 1.165) is 30.7 Å². The summed E-state index contributed by atoms with van der Waals surface area (Å²) in [6.07, 6.45) is 5.77. The van der Waals surface area contributed by atoms with E-state index in [9.17, 15) is 4.21 Å². The van der Waals surface area contributed by atoms with Crippen LogP contribution in [0.1, 0.15) is 46.0 Å². The van der Waals surface area contributed by atoms with Gasteiger partial charge in [-0.15, -0.1) is 0 Å². The lowest BCUT2D eigenvalue weighted by atomic mass is 9.84. The van der Waals surface area contributed by atoms with E-state index < -0.39 is 10.8 Å². The maximum atomic E-state index is 13.0. The van der Waals surface area contributed by atoms with Crippen molar-refractivity contribution in [3.63, 3.8) is 0 Å². The van der Waals surface area contributed by atoms with Crippen LogP contribution < -0.4 is 5.32 Å². The maximum absolute atomic E-state index is 13.0. The van der Waals surface area contributed by atoms with E-state index in [0.29, 0.717) is 17.0 Å². The molecule has 0 bridgehead atoms. The summed E-state index contributed by atoms with van der Waals surface area (Å²) in [6, 6.07) is 7.87. The first kappa shape index (κ1) is 17.0. The molecule has 0 spiro atoms. The topological polar surface area (TPSA) is 29.1 Å². The van der Waals surface area contributed by atoms with E-state index in [1.54, 1.807) is 0 Å². The van der Waals surface area contributed by atoms with Gasteiger partial charge in [0.2, 0.25) is 0 Å². The third-order valence-electron chi connectivity index (χ3n) is 4.46. The van der Waals surface area contributed by atoms with Gasteiger partial charge in [-0.2, -0.15) is 0 Å². The second kappa shape index (κ2) is 8.30. The quantitative estimate of drug-likeness (QED) is 0.839. The zero-order valence-corrected chi connectivity index (χ0v) is 14.6. The molecule has 1 fully saturated rings. The van der Waals surface area contributed by atoms with Crippen molar-refractivity contribution in [3.8, 4) is 0 Å². The standard InChI is InChI=1S/C17H26ClNOS/c1-3-11-19-16-10-5-13(4-2)12-17(16)21(20)15-8-6-14(18)7-9-15/h6-9,13,16-17,19H,3-5,10-12H2,1-2H3. The van der Waals surface area contributed by atoms with Crippen molar-refractivity contribution >= 4 is 22.4 Å². The molecule has 21 heavy (non-hydrogen) atoms. The van der Waals surface area contributed by atoms with Crippen molar-refractivity contribution in [1.82, 2.24) is 5.32 Å². The normalized spacial score (nSPS) is 27.5. The first-order valence-corrected chi connectivity index (χ1v) is 9.64. The molecule has 1 aromatic rings. The predicted octanol–water partition coefficient (Wildman–Crippen LogP) is 4.39. The molecule has 4 atom stereocenters. The highest BCUT2D eigenvalue weighted by Gasteiger charge is 2.33. The molecule has 0 aliphatic heterocycles. The van der Waals surface area contributed by atoms with Gasteiger partial charge >= 0.3 is 0 Å². The van der Waals surface area contributed by atoms with Crippen molar-refractivity contribution in [2.45, 2.75) is 62.1 Å². The van der Waals surface area contributed by atoms with Crippen molar-refractivity contribution in [1.29, 1.82) is 0 Å². The number of hydrogen-bond donors (Lipinski definition) is 1.